The Morgan fingerprint density at radius 2 is 1.59 bits per heavy atom. The number of aromatic hydroxyl groups is 1. The molecule has 17 heavy (non-hydrogen) atoms. The molecule has 2 rings (SSSR count). The molecular weight excluding hydrogens is 208 g/mol. The van der Waals surface area contributed by atoms with Gasteiger partial charge in [0.2, 0.25) is 0 Å². The van der Waals surface area contributed by atoms with E-state index in [1.165, 1.54) is 10.9 Å². The summed E-state index contributed by atoms with van der Waals surface area (Å²) in [6.45, 7) is 4.44. The minimum absolute atomic E-state index is 0. The van der Waals surface area contributed by atoms with Crippen LogP contribution in [0.2, 0.25) is 0 Å². The third kappa shape index (κ3) is 3.23. The molecule has 0 aliphatic rings. The second-order valence-electron chi connectivity index (χ2n) is 4.10. The molecular formula is C16H24O. The predicted octanol–water partition coefficient (Wildman–Crippen LogP) is 5.33. The molecule has 0 saturated heterocycles. The molecule has 1 atom stereocenters. The van der Waals surface area contributed by atoms with E-state index in [9.17, 15) is 5.11 Å². The maximum atomic E-state index is 9.35. The fourth-order valence-electron chi connectivity index (χ4n) is 1.79. The van der Waals surface area contributed by atoms with Crippen LogP contribution in [0.1, 0.15) is 46.6 Å². The number of phenolic OH excluding ortho intramolecular Hbond substituents is 1. The average Bonchev–Trinajstić information content (AvgIpc) is 2.27. The molecule has 1 N–H and O–H groups in total. The predicted molar refractivity (Wildman–Crippen MR) is 77.8 cm³/mol. The molecule has 0 heterocycles. The minimum atomic E-state index is 0. The van der Waals surface area contributed by atoms with Gasteiger partial charge < -0.3 is 5.11 Å². The Hall–Kier alpha value is -1.50. The lowest BCUT2D eigenvalue weighted by atomic mass is 9.96. The second-order valence-corrected chi connectivity index (χ2v) is 4.10. The Bertz CT molecular complexity index is 474. The molecule has 0 aliphatic heterocycles. The molecule has 2 aromatic carbocycles. The normalized spacial score (nSPS) is 11.4. The van der Waals surface area contributed by atoms with E-state index in [4.69, 9.17) is 0 Å². The molecule has 94 valence electrons. The highest BCUT2D eigenvalue weighted by Crippen LogP contribution is 2.25. The molecule has 1 unspecified atom stereocenters. The Labute approximate surface area is 105 Å². The molecule has 0 fully saturated rings. The van der Waals surface area contributed by atoms with Crippen molar-refractivity contribution in [2.24, 2.45) is 0 Å². The summed E-state index contributed by atoms with van der Waals surface area (Å²) in [4.78, 5) is 0. The Morgan fingerprint density at radius 3 is 2.24 bits per heavy atom. The standard InChI is InChI=1S/C14H16O.2CH4/c1-3-10(2)11-4-5-13-9-14(15)7-6-12(13)8-11;;/h4-10,15H,3H2,1-2H3;2*1H4. The third-order valence-corrected chi connectivity index (χ3v) is 3.03. The number of fused-ring (bicyclic) bond motifs is 1. The first-order valence-electron chi connectivity index (χ1n) is 5.43. The molecule has 1 heteroatoms. The van der Waals surface area contributed by atoms with Crippen molar-refractivity contribution in [3.8, 4) is 5.75 Å². The highest BCUT2D eigenvalue weighted by Gasteiger charge is 2.03. The maximum Gasteiger partial charge on any atom is 0.116 e. The van der Waals surface area contributed by atoms with Crippen LogP contribution in [0.25, 0.3) is 10.8 Å². The number of rotatable bonds is 2. The van der Waals surface area contributed by atoms with Gasteiger partial charge in [0.1, 0.15) is 5.75 Å². The van der Waals surface area contributed by atoms with Gasteiger partial charge in [-0.25, -0.2) is 0 Å². The number of phenols is 1. The summed E-state index contributed by atoms with van der Waals surface area (Å²) in [6, 6.07) is 11.9. The topological polar surface area (TPSA) is 20.2 Å². The molecule has 0 aromatic heterocycles. The van der Waals surface area contributed by atoms with E-state index in [1.807, 2.05) is 6.07 Å². The van der Waals surface area contributed by atoms with E-state index in [0.717, 1.165) is 11.8 Å². The minimum Gasteiger partial charge on any atom is -0.508 e. The molecule has 0 bridgehead atoms. The van der Waals surface area contributed by atoms with Crippen molar-refractivity contribution in [1.82, 2.24) is 0 Å². The van der Waals surface area contributed by atoms with Gasteiger partial charge in [0.15, 0.2) is 0 Å². The van der Waals surface area contributed by atoms with Gasteiger partial charge in [0, 0.05) is 0 Å². The van der Waals surface area contributed by atoms with Crippen LogP contribution in [-0.2, 0) is 0 Å². The van der Waals surface area contributed by atoms with Crippen LogP contribution in [0.3, 0.4) is 0 Å². The summed E-state index contributed by atoms with van der Waals surface area (Å²) in [6.07, 6.45) is 1.16. The summed E-state index contributed by atoms with van der Waals surface area (Å²) < 4.78 is 0. The van der Waals surface area contributed by atoms with E-state index in [2.05, 4.69) is 32.0 Å². The zero-order valence-corrected chi connectivity index (χ0v) is 9.20. The third-order valence-electron chi connectivity index (χ3n) is 3.03. The van der Waals surface area contributed by atoms with Crippen LogP contribution in [0, 0.1) is 0 Å². The Kier molecular flexibility index (Phi) is 5.73. The lowest BCUT2D eigenvalue weighted by Gasteiger charge is -2.09. The van der Waals surface area contributed by atoms with Gasteiger partial charge in [-0.15, -0.1) is 0 Å². The van der Waals surface area contributed by atoms with Gasteiger partial charge in [-0.2, -0.15) is 0 Å². The molecule has 0 aliphatic carbocycles. The summed E-state index contributed by atoms with van der Waals surface area (Å²) in [7, 11) is 0. The quantitative estimate of drug-likeness (QED) is 0.741. The number of benzene rings is 2. The molecule has 0 spiro atoms. The van der Waals surface area contributed by atoms with Crippen molar-refractivity contribution < 1.29 is 5.11 Å². The zero-order valence-electron chi connectivity index (χ0n) is 9.20. The van der Waals surface area contributed by atoms with Crippen molar-refractivity contribution in [2.45, 2.75) is 41.0 Å². The maximum absolute atomic E-state index is 9.35. The van der Waals surface area contributed by atoms with E-state index >= 15 is 0 Å². The van der Waals surface area contributed by atoms with Gasteiger partial charge in [0.05, 0.1) is 0 Å². The first kappa shape index (κ1) is 15.5. The van der Waals surface area contributed by atoms with Crippen LogP contribution in [0.15, 0.2) is 36.4 Å². The van der Waals surface area contributed by atoms with Crippen molar-refractivity contribution in [1.29, 1.82) is 0 Å². The average molecular weight is 232 g/mol. The van der Waals surface area contributed by atoms with Gasteiger partial charge >= 0.3 is 0 Å². The van der Waals surface area contributed by atoms with Crippen LogP contribution < -0.4 is 0 Å². The lowest BCUT2D eigenvalue weighted by molar-refractivity contribution is 0.476. The van der Waals surface area contributed by atoms with E-state index in [0.29, 0.717) is 11.7 Å². The summed E-state index contributed by atoms with van der Waals surface area (Å²) in [5.41, 5.74) is 1.37. The highest BCUT2D eigenvalue weighted by atomic mass is 16.3. The summed E-state index contributed by atoms with van der Waals surface area (Å²) >= 11 is 0. The van der Waals surface area contributed by atoms with E-state index in [-0.39, 0.29) is 14.9 Å². The largest absolute Gasteiger partial charge is 0.508 e. The SMILES string of the molecule is C.C.CCC(C)c1ccc2cc(O)ccc2c1. The van der Waals surface area contributed by atoms with Crippen LogP contribution in [-0.4, -0.2) is 5.11 Å². The van der Waals surface area contributed by atoms with Crippen LogP contribution in [0.5, 0.6) is 5.75 Å². The van der Waals surface area contributed by atoms with Crippen LogP contribution >= 0.6 is 0 Å². The molecule has 0 radical (unpaired) electrons. The second kappa shape index (κ2) is 6.29. The van der Waals surface area contributed by atoms with Crippen molar-refractivity contribution >= 4 is 10.8 Å². The zero-order chi connectivity index (χ0) is 10.8. The lowest BCUT2D eigenvalue weighted by Crippen LogP contribution is -1.90. The summed E-state index contributed by atoms with van der Waals surface area (Å²) in [5, 5.41) is 11.7. The molecule has 2 aromatic rings. The van der Waals surface area contributed by atoms with Crippen molar-refractivity contribution in [3.05, 3.63) is 42.0 Å². The van der Waals surface area contributed by atoms with E-state index in [1.54, 1.807) is 12.1 Å². The number of hydrogen-bond donors (Lipinski definition) is 1. The molecule has 1 nitrogen and oxygen atoms in total. The Balaban J connectivity index is 0.00000128. The molecule has 0 saturated carbocycles. The molecule has 0 amide bonds. The number of hydrogen-bond acceptors (Lipinski definition) is 1. The van der Waals surface area contributed by atoms with Crippen molar-refractivity contribution in [3.63, 3.8) is 0 Å². The fraction of sp³-hybridized carbons (Fsp3) is 0.375. The Morgan fingerprint density at radius 1 is 1.00 bits per heavy atom. The fourth-order valence-corrected chi connectivity index (χ4v) is 1.79. The van der Waals surface area contributed by atoms with Gasteiger partial charge in [-0.05, 0) is 40.8 Å². The van der Waals surface area contributed by atoms with E-state index < -0.39 is 0 Å². The first-order chi connectivity index (χ1) is 7.20. The van der Waals surface area contributed by atoms with Gasteiger partial charge in [0.25, 0.3) is 0 Å². The van der Waals surface area contributed by atoms with Gasteiger partial charge in [-0.3, -0.25) is 0 Å². The highest BCUT2D eigenvalue weighted by molar-refractivity contribution is 5.84. The first-order valence-corrected chi connectivity index (χ1v) is 5.43. The summed E-state index contributed by atoms with van der Waals surface area (Å²) in [5.74, 6) is 0.932. The van der Waals surface area contributed by atoms with Crippen molar-refractivity contribution in [2.75, 3.05) is 0 Å². The smallest absolute Gasteiger partial charge is 0.116 e. The van der Waals surface area contributed by atoms with Crippen LogP contribution in [0.4, 0.5) is 0 Å². The monoisotopic (exact) mass is 232 g/mol. The van der Waals surface area contributed by atoms with Gasteiger partial charge in [-0.1, -0.05) is 53.0 Å².